The number of hydrogen-bond donors (Lipinski definition) is 0. The van der Waals surface area contributed by atoms with Gasteiger partial charge in [-0.25, -0.2) is 9.37 Å². The van der Waals surface area contributed by atoms with Crippen molar-refractivity contribution in [3.05, 3.63) is 52.4 Å². The molecule has 0 fully saturated rings. The second-order valence-electron chi connectivity index (χ2n) is 2.97. The smallest absolute Gasteiger partial charge is 0.256 e. The van der Waals surface area contributed by atoms with E-state index in [1.54, 1.807) is 24.3 Å². The van der Waals surface area contributed by atoms with Gasteiger partial charge < -0.3 is 4.74 Å². The Morgan fingerprint density at radius 2 is 1.94 bits per heavy atom. The van der Waals surface area contributed by atoms with Gasteiger partial charge in [0.2, 0.25) is 0 Å². The van der Waals surface area contributed by atoms with Gasteiger partial charge in [0, 0.05) is 6.20 Å². The van der Waals surface area contributed by atoms with Crippen LogP contribution in [0.4, 0.5) is 4.39 Å². The third-order valence-corrected chi connectivity index (χ3v) is 2.34. The maximum absolute atomic E-state index is 13.4. The zero-order valence-electron chi connectivity index (χ0n) is 7.95. The van der Waals surface area contributed by atoms with Crippen molar-refractivity contribution >= 4 is 23.2 Å². The van der Waals surface area contributed by atoms with Gasteiger partial charge in [-0.2, -0.15) is 0 Å². The molecule has 0 amide bonds. The van der Waals surface area contributed by atoms with Gasteiger partial charge in [-0.3, -0.25) is 0 Å². The molecule has 0 aliphatic heterocycles. The first-order valence-corrected chi connectivity index (χ1v) is 5.16. The van der Waals surface area contributed by atoms with Crippen molar-refractivity contribution in [2.75, 3.05) is 0 Å². The zero-order chi connectivity index (χ0) is 11.5. The molecule has 5 heteroatoms. The molecule has 0 atom stereocenters. The van der Waals surface area contributed by atoms with Gasteiger partial charge in [0.1, 0.15) is 5.75 Å². The van der Waals surface area contributed by atoms with Gasteiger partial charge >= 0.3 is 0 Å². The summed E-state index contributed by atoms with van der Waals surface area (Å²) in [4.78, 5) is 3.73. The predicted molar refractivity (Wildman–Crippen MR) is 60.7 cm³/mol. The molecule has 2 nitrogen and oxygen atoms in total. The Hall–Kier alpha value is -1.32. The highest BCUT2D eigenvalue weighted by atomic mass is 35.5. The first-order chi connectivity index (χ1) is 7.66. The van der Waals surface area contributed by atoms with E-state index in [4.69, 9.17) is 27.9 Å². The Kier molecular flexibility index (Phi) is 3.27. The molecule has 0 saturated heterocycles. The molecule has 1 aromatic carbocycles. The van der Waals surface area contributed by atoms with Crippen molar-refractivity contribution in [2.45, 2.75) is 0 Å². The fourth-order valence-electron chi connectivity index (χ4n) is 1.11. The molecule has 0 N–H and O–H groups in total. The van der Waals surface area contributed by atoms with E-state index in [0.29, 0.717) is 10.8 Å². The lowest BCUT2D eigenvalue weighted by Crippen LogP contribution is -1.92. The Labute approximate surface area is 102 Å². The van der Waals surface area contributed by atoms with E-state index in [1.807, 2.05) is 0 Å². The number of halogens is 3. The van der Waals surface area contributed by atoms with Crippen LogP contribution in [-0.4, -0.2) is 4.98 Å². The van der Waals surface area contributed by atoms with Crippen LogP contribution in [0.5, 0.6) is 11.6 Å². The molecule has 1 aromatic heterocycles. The molecule has 0 saturated carbocycles. The van der Waals surface area contributed by atoms with Crippen LogP contribution >= 0.6 is 23.2 Å². The van der Waals surface area contributed by atoms with Crippen molar-refractivity contribution in [1.29, 1.82) is 0 Å². The molecule has 82 valence electrons. The van der Waals surface area contributed by atoms with E-state index in [1.165, 1.54) is 6.20 Å². The van der Waals surface area contributed by atoms with Gasteiger partial charge in [0.05, 0.1) is 10.0 Å². The molecule has 0 unspecified atom stereocenters. The molecule has 16 heavy (non-hydrogen) atoms. The number of pyridine rings is 1. The maximum atomic E-state index is 13.4. The van der Waals surface area contributed by atoms with Crippen molar-refractivity contribution in [1.82, 2.24) is 4.98 Å². The number of ether oxygens (including phenoxy) is 1. The minimum atomic E-state index is -0.632. The average molecular weight is 258 g/mol. The standard InChI is InChI=1S/C11H6Cl2FNO/c12-7-5-9(14)11(15-6-7)16-10-4-2-1-3-8(10)13/h1-6H. The Balaban J connectivity index is 2.31. The van der Waals surface area contributed by atoms with Crippen molar-refractivity contribution in [3.8, 4) is 11.6 Å². The van der Waals surface area contributed by atoms with Crippen LogP contribution in [0.15, 0.2) is 36.5 Å². The van der Waals surface area contributed by atoms with E-state index in [0.717, 1.165) is 6.07 Å². The summed E-state index contributed by atoms with van der Waals surface area (Å²) in [6.07, 6.45) is 1.30. The van der Waals surface area contributed by atoms with Crippen LogP contribution in [0.2, 0.25) is 10.0 Å². The van der Waals surface area contributed by atoms with Crippen LogP contribution in [-0.2, 0) is 0 Å². The monoisotopic (exact) mass is 257 g/mol. The van der Waals surface area contributed by atoms with Gasteiger partial charge in [-0.15, -0.1) is 0 Å². The highest BCUT2D eigenvalue weighted by Crippen LogP contribution is 2.29. The summed E-state index contributed by atoms with van der Waals surface area (Å²) in [5, 5.41) is 0.600. The molecule has 0 spiro atoms. The fourth-order valence-corrected chi connectivity index (χ4v) is 1.43. The molecular weight excluding hydrogens is 252 g/mol. The number of hydrogen-bond acceptors (Lipinski definition) is 2. The highest BCUT2D eigenvalue weighted by Gasteiger charge is 2.08. The van der Waals surface area contributed by atoms with E-state index in [-0.39, 0.29) is 10.9 Å². The maximum Gasteiger partial charge on any atom is 0.256 e. The van der Waals surface area contributed by atoms with Crippen LogP contribution in [0.1, 0.15) is 0 Å². The summed E-state index contributed by atoms with van der Waals surface area (Å²) in [7, 11) is 0. The second-order valence-corrected chi connectivity index (χ2v) is 3.82. The summed E-state index contributed by atoms with van der Waals surface area (Å²) < 4.78 is 18.6. The van der Waals surface area contributed by atoms with Crippen molar-refractivity contribution in [3.63, 3.8) is 0 Å². The quantitative estimate of drug-likeness (QED) is 0.800. The minimum Gasteiger partial charge on any atom is -0.435 e. The van der Waals surface area contributed by atoms with Gasteiger partial charge in [-0.05, 0) is 18.2 Å². The third-order valence-electron chi connectivity index (χ3n) is 1.82. The third kappa shape index (κ3) is 2.43. The normalized spacial score (nSPS) is 10.2. The van der Waals surface area contributed by atoms with Crippen molar-refractivity contribution in [2.24, 2.45) is 0 Å². The summed E-state index contributed by atoms with van der Waals surface area (Å²) >= 11 is 11.4. The van der Waals surface area contributed by atoms with Crippen LogP contribution in [0, 0.1) is 5.82 Å². The lowest BCUT2D eigenvalue weighted by atomic mass is 10.3. The van der Waals surface area contributed by atoms with Gasteiger partial charge in [0.25, 0.3) is 5.88 Å². The Bertz CT molecular complexity index is 519. The fraction of sp³-hybridized carbons (Fsp3) is 0. The topological polar surface area (TPSA) is 22.1 Å². The van der Waals surface area contributed by atoms with E-state index >= 15 is 0 Å². The summed E-state index contributed by atoms with van der Waals surface area (Å²) in [5.74, 6) is -0.442. The largest absolute Gasteiger partial charge is 0.435 e. The second kappa shape index (κ2) is 4.68. The molecule has 2 aromatic rings. The number of aromatic nitrogens is 1. The van der Waals surface area contributed by atoms with Crippen molar-refractivity contribution < 1.29 is 9.13 Å². The molecule has 2 rings (SSSR count). The SMILES string of the molecule is Fc1cc(Cl)cnc1Oc1ccccc1Cl. The highest BCUT2D eigenvalue weighted by molar-refractivity contribution is 6.32. The number of rotatable bonds is 2. The molecular formula is C11H6Cl2FNO. The predicted octanol–water partition coefficient (Wildman–Crippen LogP) is 4.32. The summed E-state index contributed by atoms with van der Waals surface area (Å²) in [5.41, 5.74) is 0. The van der Waals surface area contributed by atoms with Crippen LogP contribution in [0.3, 0.4) is 0 Å². The molecule has 0 radical (unpaired) electrons. The van der Waals surface area contributed by atoms with E-state index in [9.17, 15) is 4.39 Å². The van der Waals surface area contributed by atoms with Crippen LogP contribution in [0.25, 0.3) is 0 Å². The first-order valence-electron chi connectivity index (χ1n) is 4.40. The molecule has 0 aliphatic rings. The molecule has 0 bridgehead atoms. The average Bonchev–Trinajstić information content (AvgIpc) is 2.25. The molecule has 0 aliphatic carbocycles. The lowest BCUT2D eigenvalue weighted by molar-refractivity contribution is 0.423. The molecule has 1 heterocycles. The first kappa shape index (κ1) is 11.2. The lowest BCUT2D eigenvalue weighted by Gasteiger charge is -2.06. The Morgan fingerprint density at radius 3 is 2.62 bits per heavy atom. The Morgan fingerprint density at radius 1 is 1.19 bits per heavy atom. The summed E-state index contributed by atoms with van der Waals surface area (Å²) in [6, 6.07) is 7.87. The minimum absolute atomic E-state index is 0.155. The van der Waals surface area contributed by atoms with Gasteiger partial charge in [-0.1, -0.05) is 35.3 Å². The van der Waals surface area contributed by atoms with E-state index in [2.05, 4.69) is 4.98 Å². The van der Waals surface area contributed by atoms with Crippen LogP contribution < -0.4 is 4.74 Å². The zero-order valence-corrected chi connectivity index (χ0v) is 9.47. The summed E-state index contributed by atoms with van der Waals surface area (Å²) in [6.45, 7) is 0. The van der Waals surface area contributed by atoms with E-state index < -0.39 is 5.82 Å². The van der Waals surface area contributed by atoms with Gasteiger partial charge in [0.15, 0.2) is 5.82 Å². The number of benzene rings is 1. The number of para-hydroxylation sites is 1. The number of nitrogens with zero attached hydrogens (tertiary/aromatic N) is 1.